The molecule has 7 nitrogen and oxygen atoms in total. The molecular formula is C23H24N4O3. The highest BCUT2D eigenvalue weighted by Crippen LogP contribution is 2.36. The first-order valence-electron chi connectivity index (χ1n) is 9.89. The van der Waals surface area contributed by atoms with Crippen LogP contribution < -0.4 is 10.1 Å². The molecule has 0 radical (unpaired) electrons. The Morgan fingerprint density at radius 3 is 2.60 bits per heavy atom. The maximum Gasteiger partial charge on any atom is 0.297 e. The summed E-state index contributed by atoms with van der Waals surface area (Å²) in [5.74, 6) is 0.558. The first-order valence-corrected chi connectivity index (χ1v) is 9.89. The van der Waals surface area contributed by atoms with E-state index in [1.807, 2.05) is 55.7 Å². The van der Waals surface area contributed by atoms with Crippen LogP contribution in [0.1, 0.15) is 30.9 Å². The van der Waals surface area contributed by atoms with Gasteiger partial charge in [-0.3, -0.25) is 9.36 Å². The minimum Gasteiger partial charge on any atom is -0.465 e. The molecule has 30 heavy (non-hydrogen) atoms. The van der Waals surface area contributed by atoms with Crippen molar-refractivity contribution in [3.05, 3.63) is 59.5 Å². The van der Waals surface area contributed by atoms with Gasteiger partial charge in [0, 0.05) is 12.5 Å². The lowest BCUT2D eigenvalue weighted by atomic mass is 10.0. The first-order chi connectivity index (χ1) is 14.5. The minimum atomic E-state index is -0.164. The van der Waals surface area contributed by atoms with Crippen LogP contribution in [-0.2, 0) is 11.3 Å². The van der Waals surface area contributed by atoms with Crippen LogP contribution in [0.5, 0.6) is 6.01 Å². The smallest absolute Gasteiger partial charge is 0.297 e. The Morgan fingerprint density at radius 1 is 1.20 bits per heavy atom. The zero-order valence-corrected chi connectivity index (χ0v) is 17.5. The van der Waals surface area contributed by atoms with Gasteiger partial charge in [-0.1, -0.05) is 35.5 Å². The monoisotopic (exact) mass is 404 g/mol. The molecule has 1 N–H and O–H groups in total. The van der Waals surface area contributed by atoms with E-state index in [-0.39, 0.29) is 5.91 Å². The van der Waals surface area contributed by atoms with Crippen molar-refractivity contribution in [1.82, 2.24) is 14.7 Å². The summed E-state index contributed by atoms with van der Waals surface area (Å²) in [6.07, 6.45) is 0. The number of hydrogen-bond acceptors (Lipinski definition) is 5. The molecule has 4 rings (SSSR count). The Morgan fingerprint density at radius 2 is 1.97 bits per heavy atom. The normalized spacial score (nSPS) is 11.1. The van der Waals surface area contributed by atoms with Crippen LogP contribution in [0.25, 0.3) is 22.2 Å². The van der Waals surface area contributed by atoms with E-state index in [1.54, 1.807) is 0 Å². The van der Waals surface area contributed by atoms with Crippen molar-refractivity contribution in [2.45, 2.75) is 34.2 Å². The molecule has 154 valence electrons. The summed E-state index contributed by atoms with van der Waals surface area (Å²) in [5, 5.41) is 6.99. The molecule has 2 heterocycles. The summed E-state index contributed by atoms with van der Waals surface area (Å²) in [6, 6.07) is 14.6. The number of fused-ring (bicyclic) bond motifs is 1. The van der Waals surface area contributed by atoms with Gasteiger partial charge in [-0.25, -0.2) is 0 Å². The Labute approximate surface area is 174 Å². The Balaban J connectivity index is 1.97. The van der Waals surface area contributed by atoms with Crippen molar-refractivity contribution in [1.29, 1.82) is 0 Å². The maximum atomic E-state index is 11.9. The highest BCUT2D eigenvalue weighted by Gasteiger charge is 2.20. The predicted octanol–water partition coefficient (Wildman–Crippen LogP) is 4.71. The topological polar surface area (TPSA) is 82.2 Å². The quantitative estimate of drug-likeness (QED) is 0.503. The lowest BCUT2D eigenvalue weighted by Crippen LogP contribution is -2.07. The van der Waals surface area contributed by atoms with Gasteiger partial charge in [-0.2, -0.15) is 4.98 Å². The fourth-order valence-corrected chi connectivity index (χ4v) is 3.68. The molecule has 4 aromatic rings. The van der Waals surface area contributed by atoms with Gasteiger partial charge in [-0.15, -0.1) is 0 Å². The molecule has 7 heteroatoms. The number of aryl methyl sites for hydroxylation is 2. The van der Waals surface area contributed by atoms with Crippen LogP contribution in [0.4, 0.5) is 5.69 Å². The second-order valence-corrected chi connectivity index (χ2v) is 7.17. The van der Waals surface area contributed by atoms with Gasteiger partial charge in [0.2, 0.25) is 5.91 Å². The molecule has 0 spiro atoms. The maximum absolute atomic E-state index is 11.9. The van der Waals surface area contributed by atoms with E-state index < -0.39 is 0 Å². The van der Waals surface area contributed by atoms with Crippen molar-refractivity contribution in [2.24, 2.45) is 0 Å². The van der Waals surface area contributed by atoms with E-state index in [2.05, 4.69) is 22.6 Å². The molecule has 0 unspecified atom stereocenters. The molecule has 2 aromatic heterocycles. The van der Waals surface area contributed by atoms with Crippen LogP contribution in [0, 0.1) is 13.8 Å². The number of carbonyl (C=O) groups is 1. The second-order valence-electron chi connectivity index (χ2n) is 7.17. The van der Waals surface area contributed by atoms with Crippen molar-refractivity contribution in [3.8, 4) is 17.1 Å². The fraction of sp³-hybridized carbons (Fsp3) is 0.261. The largest absolute Gasteiger partial charge is 0.465 e. The summed E-state index contributed by atoms with van der Waals surface area (Å²) in [5.41, 5.74) is 5.90. The highest BCUT2D eigenvalue weighted by molar-refractivity contribution is 6.01. The number of benzene rings is 2. The highest BCUT2D eigenvalue weighted by atomic mass is 16.5. The Kier molecular flexibility index (Phi) is 5.27. The molecule has 0 atom stereocenters. The molecule has 0 aliphatic rings. The number of aromatic nitrogens is 3. The van der Waals surface area contributed by atoms with E-state index in [0.29, 0.717) is 30.4 Å². The van der Waals surface area contributed by atoms with Crippen molar-refractivity contribution in [3.63, 3.8) is 0 Å². The zero-order chi connectivity index (χ0) is 21.3. The third-order valence-corrected chi connectivity index (χ3v) is 4.91. The van der Waals surface area contributed by atoms with E-state index >= 15 is 0 Å². The van der Waals surface area contributed by atoms with Crippen molar-refractivity contribution >= 4 is 22.6 Å². The van der Waals surface area contributed by atoms with Gasteiger partial charge in [0.25, 0.3) is 6.01 Å². The van der Waals surface area contributed by atoms with Gasteiger partial charge in [-0.05, 0) is 44.0 Å². The minimum absolute atomic E-state index is 0.164. The summed E-state index contributed by atoms with van der Waals surface area (Å²) in [7, 11) is 0. The second kappa shape index (κ2) is 8.02. The number of anilines is 1. The average Bonchev–Trinajstić information content (AvgIpc) is 3.22. The van der Waals surface area contributed by atoms with Gasteiger partial charge in [0.05, 0.1) is 30.0 Å². The predicted molar refractivity (Wildman–Crippen MR) is 116 cm³/mol. The number of hydrogen-bond donors (Lipinski definition) is 1. The van der Waals surface area contributed by atoms with Crippen LogP contribution in [-0.4, -0.2) is 27.2 Å². The van der Waals surface area contributed by atoms with Gasteiger partial charge < -0.3 is 14.6 Å². The third-order valence-electron chi connectivity index (χ3n) is 4.91. The standard InChI is InChI=1S/C23H24N4O3/c1-5-29-23-25-22-19(24-16(4)28)11-18(21-14(2)26-30-15(21)3)12-20(22)27(23)13-17-9-7-6-8-10-17/h6-12H,5,13H2,1-4H3,(H,24,28). The number of ether oxygens (including phenoxy) is 1. The lowest BCUT2D eigenvalue weighted by Gasteiger charge is -2.11. The molecule has 2 aromatic carbocycles. The van der Waals surface area contributed by atoms with E-state index in [0.717, 1.165) is 33.7 Å². The summed E-state index contributed by atoms with van der Waals surface area (Å²) >= 11 is 0. The van der Waals surface area contributed by atoms with E-state index in [9.17, 15) is 4.79 Å². The molecule has 0 saturated carbocycles. The van der Waals surface area contributed by atoms with E-state index in [1.165, 1.54) is 6.92 Å². The third kappa shape index (κ3) is 3.66. The Bertz CT molecular complexity index is 1190. The molecule has 0 bridgehead atoms. The van der Waals surface area contributed by atoms with Crippen LogP contribution >= 0.6 is 0 Å². The number of imidazole rings is 1. The molecule has 1 amide bonds. The van der Waals surface area contributed by atoms with E-state index in [4.69, 9.17) is 14.2 Å². The Hall–Kier alpha value is -3.61. The molecule has 0 aliphatic heterocycles. The summed E-state index contributed by atoms with van der Waals surface area (Å²) < 4.78 is 13.2. The van der Waals surface area contributed by atoms with Crippen molar-refractivity contribution < 1.29 is 14.1 Å². The molecular weight excluding hydrogens is 380 g/mol. The van der Waals surface area contributed by atoms with Crippen LogP contribution in [0.3, 0.4) is 0 Å². The molecule has 0 aliphatic carbocycles. The molecule has 0 saturated heterocycles. The van der Waals surface area contributed by atoms with Crippen molar-refractivity contribution in [2.75, 3.05) is 11.9 Å². The average molecular weight is 404 g/mol. The van der Waals surface area contributed by atoms with Crippen LogP contribution in [0.15, 0.2) is 47.0 Å². The number of nitrogens with zero attached hydrogens (tertiary/aromatic N) is 3. The zero-order valence-electron chi connectivity index (χ0n) is 17.5. The number of rotatable bonds is 6. The number of nitrogens with one attached hydrogen (secondary N) is 1. The fourth-order valence-electron chi connectivity index (χ4n) is 3.68. The lowest BCUT2D eigenvalue weighted by molar-refractivity contribution is -0.114. The SMILES string of the molecule is CCOc1nc2c(NC(C)=O)cc(-c3c(C)noc3C)cc2n1Cc1ccccc1. The van der Waals surface area contributed by atoms with Crippen LogP contribution in [0.2, 0.25) is 0 Å². The number of amides is 1. The summed E-state index contributed by atoms with van der Waals surface area (Å²) in [4.78, 5) is 16.6. The van der Waals surface area contributed by atoms with Gasteiger partial charge >= 0.3 is 0 Å². The molecule has 0 fully saturated rings. The first kappa shape index (κ1) is 19.7. The summed E-state index contributed by atoms with van der Waals surface area (Å²) in [6.45, 7) is 8.28. The van der Waals surface area contributed by atoms with Gasteiger partial charge in [0.1, 0.15) is 11.3 Å². The number of carbonyl (C=O) groups excluding carboxylic acids is 1. The van der Waals surface area contributed by atoms with Gasteiger partial charge in [0.15, 0.2) is 0 Å².